The van der Waals surface area contributed by atoms with Crippen molar-refractivity contribution in [3.63, 3.8) is 0 Å². The number of carbonyl (C=O) groups is 1. The van der Waals surface area contributed by atoms with E-state index in [1.54, 1.807) is 18.2 Å². The van der Waals surface area contributed by atoms with Gasteiger partial charge in [-0.05, 0) is 35.4 Å². The second-order valence-electron chi connectivity index (χ2n) is 5.18. The van der Waals surface area contributed by atoms with Crippen molar-refractivity contribution in [1.82, 2.24) is 20.2 Å². The van der Waals surface area contributed by atoms with Crippen LogP contribution < -0.4 is 5.32 Å². The largest absolute Gasteiger partial charge is 0.324 e. The third kappa shape index (κ3) is 3.45. The van der Waals surface area contributed by atoms with E-state index in [1.165, 1.54) is 6.07 Å². The van der Waals surface area contributed by atoms with Crippen LogP contribution in [-0.2, 0) is 17.8 Å². The molecule has 0 aliphatic heterocycles. The number of aryl methyl sites for hydroxylation is 1. The number of hydrogen-bond acceptors (Lipinski definition) is 4. The number of rotatable bonds is 5. The Hall–Kier alpha value is -3.09. The molecule has 122 valence electrons. The molecule has 1 N–H and O–H groups in total. The van der Waals surface area contributed by atoms with E-state index < -0.39 is 5.82 Å². The lowest BCUT2D eigenvalue weighted by molar-refractivity contribution is -0.117. The first-order chi connectivity index (χ1) is 11.7. The number of carbonyl (C=O) groups excluding carboxylic acids is 1. The molecule has 0 aliphatic rings. The number of para-hydroxylation sites is 1. The highest BCUT2D eigenvalue weighted by atomic mass is 19.1. The van der Waals surface area contributed by atoms with E-state index in [-0.39, 0.29) is 23.8 Å². The highest BCUT2D eigenvalue weighted by molar-refractivity contribution is 5.91. The minimum Gasteiger partial charge on any atom is -0.324 e. The van der Waals surface area contributed by atoms with Gasteiger partial charge < -0.3 is 5.32 Å². The quantitative estimate of drug-likeness (QED) is 0.783. The zero-order valence-electron chi connectivity index (χ0n) is 13.1. The fraction of sp³-hybridized carbons (Fsp3) is 0.176. The molecule has 0 unspecified atom stereocenters. The summed E-state index contributed by atoms with van der Waals surface area (Å²) in [6.45, 7) is 1.92. The van der Waals surface area contributed by atoms with Gasteiger partial charge in [0, 0.05) is 5.69 Å². The first-order valence-electron chi connectivity index (χ1n) is 7.58. The van der Waals surface area contributed by atoms with E-state index in [0.29, 0.717) is 0 Å². The average molecular weight is 325 g/mol. The third-order valence-corrected chi connectivity index (χ3v) is 3.52. The molecule has 0 aliphatic carbocycles. The molecule has 0 atom stereocenters. The number of benzene rings is 2. The maximum absolute atomic E-state index is 13.7. The smallest absolute Gasteiger partial charge is 0.248 e. The van der Waals surface area contributed by atoms with Crippen LogP contribution in [0.15, 0.2) is 48.5 Å². The Morgan fingerprint density at radius 3 is 2.71 bits per heavy atom. The number of aromatic nitrogens is 4. The van der Waals surface area contributed by atoms with Crippen LogP contribution in [0.4, 0.5) is 10.1 Å². The molecular weight excluding hydrogens is 309 g/mol. The Morgan fingerprint density at radius 2 is 1.92 bits per heavy atom. The van der Waals surface area contributed by atoms with Crippen molar-refractivity contribution in [1.29, 1.82) is 0 Å². The zero-order chi connectivity index (χ0) is 16.9. The first-order valence-corrected chi connectivity index (χ1v) is 7.58. The van der Waals surface area contributed by atoms with Gasteiger partial charge in [-0.1, -0.05) is 37.3 Å². The minimum atomic E-state index is -0.432. The summed E-state index contributed by atoms with van der Waals surface area (Å²) in [4.78, 5) is 13.3. The molecule has 3 aromatic rings. The van der Waals surface area contributed by atoms with E-state index in [4.69, 9.17) is 0 Å². The van der Waals surface area contributed by atoms with Crippen LogP contribution in [-0.4, -0.2) is 26.1 Å². The van der Waals surface area contributed by atoms with Crippen LogP contribution in [0.3, 0.4) is 0 Å². The predicted molar refractivity (Wildman–Crippen MR) is 87.7 cm³/mol. The van der Waals surface area contributed by atoms with Crippen LogP contribution in [0.2, 0.25) is 0 Å². The van der Waals surface area contributed by atoms with Gasteiger partial charge in [0.2, 0.25) is 11.7 Å². The first kappa shape index (κ1) is 15.8. The maximum Gasteiger partial charge on any atom is 0.248 e. The van der Waals surface area contributed by atoms with Crippen LogP contribution in [0.25, 0.3) is 11.4 Å². The highest BCUT2D eigenvalue weighted by Crippen LogP contribution is 2.17. The molecule has 7 heteroatoms. The van der Waals surface area contributed by atoms with E-state index >= 15 is 0 Å². The Kier molecular flexibility index (Phi) is 4.60. The van der Waals surface area contributed by atoms with Crippen molar-refractivity contribution in [2.75, 3.05) is 5.32 Å². The number of halogens is 1. The van der Waals surface area contributed by atoms with Crippen LogP contribution >= 0.6 is 0 Å². The topological polar surface area (TPSA) is 72.7 Å². The number of nitrogens with one attached hydrogen (secondary N) is 1. The van der Waals surface area contributed by atoms with Crippen LogP contribution in [0, 0.1) is 5.82 Å². The van der Waals surface area contributed by atoms with Gasteiger partial charge in [-0.25, -0.2) is 4.39 Å². The Balaban J connectivity index is 1.71. The Morgan fingerprint density at radius 1 is 1.17 bits per heavy atom. The molecule has 24 heavy (non-hydrogen) atoms. The number of tetrazole rings is 1. The monoisotopic (exact) mass is 325 g/mol. The van der Waals surface area contributed by atoms with Gasteiger partial charge in [-0.15, -0.1) is 10.2 Å². The van der Waals surface area contributed by atoms with E-state index in [9.17, 15) is 9.18 Å². The summed E-state index contributed by atoms with van der Waals surface area (Å²) in [5, 5.41) is 14.5. The van der Waals surface area contributed by atoms with Gasteiger partial charge in [0.25, 0.3) is 0 Å². The zero-order valence-corrected chi connectivity index (χ0v) is 13.1. The summed E-state index contributed by atoms with van der Waals surface area (Å²) in [7, 11) is 0. The van der Waals surface area contributed by atoms with Gasteiger partial charge in [0.15, 0.2) is 0 Å². The van der Waals surface area contributed by atoms with Crippen molar-refractivity contribution < 1.29 is 9.18 Å². The fourth-order valence-corrected chi connectivity index (χ4v) is 2.33. The van der Waals surface area contributed by atoms with Gasteiger partial charge in [0.05, 0.1) is 5.56 Å². The Labute approximate surface area is 138 Å². The number of hydrogen-bond donors (Lipinski definition) is 1. The molecular formula is C17H16FN5O. The number of anilines is 1. The second-order valence-corrected chi connectivity index (χ2v) is 5.18. The van der Waals surface area contributed by atoms with Gasteiger partial charge in [-0.2, -0.15) is 4.80 Å². The highest BCUT2D eigenvalue weighted by Gasteiger charge is 2.13. The summed E-state index contributed by atoms with van der Waals surface area (Å²) in [5.74, 6) is -0.554. The van der Waals surface area contributed by atoms with Crippen LogP contribution in [0.5, 0.6) is 0 Å². The standard InChI is InChI=1S/C17H16FN5O/c1-2-12-7-3-6-10-15(12)19-16(24)11-23-21-17(20-22-23)13-8-4-5-9-14(13)18/h3-10H,2,11H2,1H3,(H,19,24). The molecule has 0 saturated heterocycles. The molecule has 3 rings (SSSR count). The second kappa shape index (κ2) is 6.99. The van der Waals surface area contributed by atoms with Crippen molar-refractivity contribution >= 4 is 11.6 Å². The molecule has 1 aromatic heterocycles. The summed E-state index contributed by atoms with van der Waals surface area (Å²) in [6, 6.07) is 13.7. The van der Waals surface area contributed by atoms with Crippen molar-refractivity contribution in [2.45, 2.75) is 19.9 Å². The molecule has 0 spiro atoms. The molecule has 0 saturated carbocycles. The predicted octanol–water partition coefficient (Wildman–Crippen LogP) is 2.68. The summed E-state index contributed by atoms with van der Waals surface area (Å²) < 4.78 is 13.7. The molecule has 6 nitrogen and oxygen atoms in total. The molecule has 1 amide bonds. The van der Waals surface area contributed by atoms with E-state index in [2.05, 4.69) is 20.7 Å². The molecule has 1 heterocycles. The lowest BCUT2D eigenvalue weighted by atomic mass is 10.1. The fourth-order valence-electron chi connectivity index (χ4n) is 2.33. The van der Waals surface area contributed by atoms with Crippen molar-refractivity contribution in [3.8, 4) is 11.4 Å². The minimum absolute atomic E-state index is 0.0977. The lowest BCUT2D eigenvalue weighted by Crippen LogP contribution is -2.21. The van der Waals surface area contributed by atoms with E-state index in [0.717, 1.165) is 22.5 Å². The Bertz CT molecular complexity index is 861. The summed E-state index contributed by atoms with van der Waals surface area (Å²) >= 11 is 0. The number of nitrogens with zero attached hydrogens (tertiary/aromatic N) is 4. The molecule has 0 bridgehead atoms. The lowest BCUT2D eigenvalue weighted by Gasteiger charge is -2.08. The molecule has 0 radical (unpaired) electrons. The van der Waals surface area contributed by atoms with E-state index in [1.807, 2.05) is 31.2 Å². The van der Waals surface area contributed by atoms with Crippen molar-refractivity contribution in [2.24, 2.45) is 0 Å². The SMILES string of the molecule is CCc1ccccc1NC(=O)Cn1nnc(-c2ccccc2F)n1. The normalized spacial score (nSPS) is 10.6. The van der Waals surface area contributed by atoms with Crippen molar-refractivity contribution in [3.05, 3.63) is 59.9 Å². The number of amides is 1. The summed E-state index contributed by atoms with van der Waals surface area (Å²) in [6.07, 6.45) is 0.815. The maximum atomic E-state index is 13.7. The summed E-state index contributed by atoms with van der Waals surface area (Å²) in [5.41, 5.74) is 2.06. The van der Waals surface area contributed by atoms with Gasteiger partial charge in [-0.3, -0.25) is 4.79 Å². The van der Waals surface area contributed by atoms with Crippen LogP contribution in [0.1, 0.15) is 12.5 Å². The third-order valence-electron chi connectivity index (χ3n) is 3.52. The molecule has 2 aromatic carbocycles. The van der Waals surface area contributed by atoms with Gasteiger partial charge >= 0.3 is 0 Å². The van der Waals surface area contributed by atoms with Gasteiger partial charge in [0.1, 0.15) is 12.4 Å². The average Bonchev–Trinajstić information content (AvgIpc) is 3.04. The molecule has 0 fully saturated rings.